The molecule has 5 nitrogen and oxygen atoms in total. The van der Waals surface area contributed by atoms with Crippen LogP contribution < -0.4 is 5.32 Å². The molecule has 0 radical (unpaired) electrons. The zero-order chi connectivity index (χ0) is 18.7. The SMILES string of the molecule is O=C(Nc1ccccc1)c1ccc2nc(C(CC(O)=S)C(O)=S)sc2c1. The lowest BCUT2D eigenvalue weighted by molar-refractivity contribution is 0.102. The fraction of sp³-hybridized carbons (Fsp3) is 0.111. The summed E-state index contributed by atoms with van der Waals surface area (Å²) in [6.07, 6.45) is 0.0336. The van der Waals surface area contributed by atoms with Gasteiger partial charge in [0.15, 0.2) is 10.1 Å². The number of aliphatic hydroxyl groups is 2. The van der Waals surface area contributed by atoms with E-state index in [1.165, 1.54) is 11.3 Å². The molecule has 3 rings (SSSR count). The van der Waals surface area contributed by atoms with E-state index in [1.54, 1.807) is 18.2 Å². The van der Waals surface area contributed by atoms with Crippen molar-refractivity contribution >= 4 is 67.7 Å². The van der Waals surface area contributed by atoms with Gasteiger partial charge in [0.05, 0.1) is 16.1 Å². The number of para-hydroxylation sites is 1. The van der Waals surface area contributed by atoms with Crippen molar-refractivity contribution in [1.82, 2.24) is 4.98 Å². The average molecular weight is 403 g/mol. The molecule has 0 saturated carbocycles. The normalized spacial score (nSPS) is 11.8. The van der Waals surface area contributed by atoms with Crippen LogP contribution in [0.4, 0.5) is 5.69 Å². The summed E-state index contributed by atoms with van der Waals surface area (Å²) in [6.45, 7) is 0. The highest BCUT2D eigenvalue weighted by atomic mass is 32.1. The van der Waals surface area contributed by atoms with E-state index in [2.05, 4.69) is 10.3 Å². The molecule has 3 aromatic rings. The second-order valence-electron chi connectivity index (χ2n) is 5.54. The van der Waals surface area contributed by atoms with Crippen LogP contribution in [0, 0.1) is 0 Å². The Hall–Kier alpha value is -2.42. The van der Waals surface area contributed by atoms with Crippen molar-refractivity contribution in [1.29, 1.82) is 0 Å². The highest BCUT2D eigenvalue weighted by Gasteiger charge is 2.22. The maximum atomic E-state index is 12.4. The van der Waals surface area contributed by atoms with Crippen molar-refractivity contribution in [2.45, 2.75) is 12.3 Å². The number of thiocarbonyl (C=S) groups is 2. The number of carbonyl (C=O) groups is 1. The first-order valence-corrected chi connectivity index (χ1v) is 9.29. The van der Waals surface area contributed by atoms with E-state index in [-0.39, 0.29) is 22.4 Å². The number of benzene rings is 2. The molecule has 132 valence electrons. The number of aliphatic hydroxyl groups excluding tert-OH is 2. The van der Waals surface area contributed by atoms with E-state index >= 15 is 0 Å². The molecule has 3 N–H and O–H groups in total. The number of rotatable bonds is 6. The lowest BCUT2D eigenvalue weighted by atomic mass is 10.1. The van der Waals surface area contributed by atoms with E-state index in [0.717, 1.165) is 4.70 Å². The number of nitrogens with zero attached hydrogens (tertiary/aromatic N) is 1. The molecular formula is C18H14N2O3S3. The second kappa shape index (κ2) is 7.86. The lowest BCUT2D eigenvalue weighted by Crippen LogP contribution is -2.13. The van der Waals surface area contributed by atoms with E-state index in [1.807, 2.05) is 30.3 Å². The van der Waals surface area contributed by atoms with Crippen LogP contribution in [-0.4, -0.2) is 31.2 Å². The Balaban J connectivity index is 1.88. The first kappa shape index (κ1) is 18.4. The molecule has 2 aromatic carbocycles. The molecule has 0 aliphatic carbocycles. The molecule has 26 heavy (non-hydrogen) atoms. The van der Waals surface area contributed by atoms with Crippen molar-refractivity contribution in [3.05, 3.63) is 59.1 Å². The van der Waals surface area contributed by atoms with Crippen LogP contribution in [0.15, 0.2) is 48.5 Å². The minimum atomic E-state index is -0.638. The third-order valence-corrected chi connectivity index (χ3v) is 5.26. The van der Waals surface area contributed by atoms with Gasteiger partial charge in [-0.2, -0.15) is 0 Å². The summed E-state index contributed by atoms with van der Waals surface area (Å²) in [5.41, 5.74) is 1.90. The molecule has 1 amide bonds. The number of anilines is 1. The summed E-state index contributed by atoms with van der Waals surface area (Å²) in [4.78, 5) is 16.9. The van der Waals surface area contributed by atoms with Gasteiger partial charge >= 0.3 is 0 Å². The number of hydrogen-bond donors (Lipinski definition) is 3. The van der Waals surface area contributed by atoms with Crippen LogP contribution in [0.25, 0.3) is 10.2 Å². The Morgan fingerprint density at radius 3 is 2.54 bits per heavy atom. The minimum absolute atomic E-state index is 0.0336. The predicted molar refractivity (Wildman–Crippen MR) is 112 cm³/mol. The fourth-order valence-corrected chi connectivity index (χ4v) is 3.96. The molecular weight excluding hydrogens is 388 g/mol. The molecule has 0 aliphatic rings. The monoisotopic (exact) mass is 402 g/mol. The van der Waals surface area contributed by atoms with Crippen molar-refractivity contribution < 1.29 is 15.0 Å². The van der Waals surface area contributed by atoms with E-state index < -0.39 is 5.92 Å². The van der Waals surface area contributed by atoms with Gasteiger partial charge in [-0.15, -0.1) is 11.3 Å². The Labute approximate surface area is 164 Å². The Morgan fingerprint density at radius 2 is 1.88 bits per heavy atom. The molecule has 1 unspecified atom stereocenters. The molecule has 0 bridgehead atoms. The van der Waals surface area contributed by atoms with Crippen LogP contribution in [0.1, 0.15) is 27.7 Å². The summed E-state index contributed by atoms with van der Waals surface area (Å²) in [5.74, 6) is -0.861. The molecule has 0 fully saturated rings. The number of thiazole rings is 1. The Bertz CT molecular complexity index is 986. The first-order valence-electron chi connectivity index (χ1n) is 7.65. The smallest absolute Gasteiger partial charge is 0.255 e. The number of aromatic nitrogens is 1. The lowest BCUT2D eigenvalue weighted by Gasteiger charge is -2.08. The Kier molecular flexibility index (Phi) is 5.55. The number of carbonyl (C=O) groups excluding carboxylic acids is 1. The van der Waals surface area contributed by atoms with Gasteiger partial charge in [-0.3, -0.25) is 4.79 Å². The summed E-state index contributed by atoms with van der Waals surface area (Å²) in [7, 11) is 0. The van der Waals surface area contributed by atoms with E-state index in [4.69, 9.17) is 24.4 Å². The molecule has 0 aliphatic heterocycles. The van der Waals surface area contributed by atoms with Crippen molar-refractivity contribution in [3.8, 4) is 0 Å². The maximum absolute atomic E-state index is 12.4. The van der Waals surface area contributed by atoms with Crippen LogP contribution >= 0.6 is 35.8 Å². The molecule has 0 spiro atoms. The first-order chi connectivity index (χ1) is 12.4. The third kappa shape index (κ3) is 4.21. The van der Waals surface area contributed by atoms with E-state index in [0.29, 0.717) is 21.8 Å². The van der Waals surface area contributed by atoms with Gasteiger partial charge in [0.1, 0.15) is 5.01 Å². The molecule has 8 heteroatoms. The molecule has 1 aromatic heterocycles. The van der Waals surface area contributed by atoms with Crippen LogP contribution in [0.2, 0.25) is 0 Å². The average Bonchev–Trinajstić information content (AvgIpc) is 3.02. The fourth-order valence-electron chi connectivity index (χ4n) is 2.41. The van der Waals surface area contributed by atoms with Gasteiger partial charge in [-0.05, 0) is 54.8 Å². The van der Waals surface area contributed by atoms with Gasteiger partial charge in [0, 0.05) is 17.7 Å². The number of amides is 1. The number of fused-ring (bicyclic) bond motifs is 1. The van der Waals surface area contributed by atoms with Gasteiger partial charge in [-0.25, -0.2) is 4.98 Å². The van der Waals surface area contributed by atoms with Gasteiger partial charge < -0.3 is 15.5 Å². The third-order valence-electron chi connectivity index (χ3n) is 3.67. The quantitative estimate of drug-likeness (QED) is 0.514. The zero-order valence-corrected chi connectivity index (χ0v) is 15.8. The Morgan fingerprint density at radius 1 is 1.15 bits per heavy atom. The summed E-state index contributed by atoms with van der Waals surface area (Å²) in [5, 5.41) is 21.9. The highest BCUT2D eigenvalue weighted by molar-refractivity contribution is 7.80. The summed E-state index contributed by atoms with van der Waals surface area (Å²) in [6, 6.07) is 14.4. The second-order valence-corrected chi connectivity index (χ2v) is 7.50. The van der Waals surface area contributed by atoms with Crippen LogP contribution in [0.5, 0.6) is 0 Å². The highest BCUT2D eigenvalue weighted by Crippen LogP contribution is 2.31. The molecule has 1 atom stereocenters. The van der Waals surface area contributed by atoms with Gasteiger partial charge in [0.25, 0.3) is 5.91 Å². The topological polar surface area (TPSA) is 82.5 Å². The van der Waals surface area contributed by atoms with Crippen molar-refractivity contribution in [2.75, 3.05) is 5.32 Å². The van der Waals surface area contributed by atoms with Crippen molar-refractivity contribution in [2.24, 2.45) is 0 Å². The molecule has 0 saturated heterocycles. The predicted octanol–water partition coefficient (Wildman–Crippen LogP) is 4.79. The zero-order valence-electron chi connectivity index (χ0n) is 13.4. The number of hydrogen-bond acceptors (Lipinski definition) is 5. The standard InChI is InChI=1S/C18H14N2O3S3/c21-15(24)9-12(18(23)25)17-20-13-7-6-10(8-14(13)26-17)16(22)19-11-4-2-1-3-5-11/h1-8,12H,9H2,(H,19,22)(H,21,24)(H,23,25). The summed E-state index contributed by atoms with van der Waals surface area (Å²) >= 11 is 10.9. The number of nitrogens with one attached hydrogen (secondary N) is 1. The minimum Gasteiger partial charge on any atom is -0.502 e. The van der Waals surface area contributed by atoms with Gasteiger partial charge in [0.2, 0.25) is 0 Å². The molecule has 1 heterocycles. The van der Waals surface area contributed by atoms with Gasteiger partial charge in [-0.1, -0.05) is 18.2 Å². The van der Waals surface area contributed by atoms with E-state index in [9.17, 15) is 15.0 Å². The maximum Gasteiger partial charge on any atom is 0.255 e. The van der Waals surface area contributed by atoms with Crippen LogP contribution in [-0.2, 0) is 0 Å². The largest absolute Gasteiger partial charge is 0.502 e. The summed E-state index contributed by atoms with van der Waals surface area (Å²) < 4.78 is 0.783. The van der Waals surface area contributed by atoms with Crippen molar-refractivity contribution in [3.63, 3.8) is 0 Å². The van der Waals surface area contributed by atoms with Crippen LogP contribution in [0.3, 0.4) is 0 Å².